The lowest BCUT2D eigenvalue weighted by molar-refractivity contribution is 0.0697. The minimum absolute atomic E-state index is 0.187. The zero-order valence-corrected chi connectivity index (χ0v) is 18.5. The van der Waals surface area contributed by atoms with Crippen molar-refractivity contribution in [2.75, 3.05) is 0 Å². The van der Waals surface area contributed by atoms with Gasteiger partial charge in [0.25, 0.3) is 0 Å². The fourth-order valence-corrected chi connectivity index (χ4v) is 3.53. The van der Waals surface area contributed by atoms with Crippen molar-refractivity contribution in [3.05, 3.63) is 126 Å². The molecule has 0 spiro atoms. The van der Waals surface area contributed by atoms with E-state index >= 15 is 0 Å². The molecule has 4 aromatic rings. The Labute approximate surface area is 196 Å². The van der Waals surface area contributed by atoms with E-state index in [1.165, 1.54) is 18.2 Å². The Balaban J connectivity index is 1.83. The number of nitrogens with zero attached hydrogens (tertiary/aromatic N) is 3. The second kappa shape index (κ2) is 9.92. The molecule has 6 heteroatoms. The first-order chi connectivity index (χ1) is 16.5. The van der Waals surface area contributed by atoms with Crippen LogP contribution in [-0.2, 0) is 0 Å². The molecule has 5 nitrogen and oxygen atoms in total. The maximum atomic E-state index is 14.0. The molecule has 0 unspecified atom stereocenters. The van der Waals surface area contributed by atoms with Gasteiger partial charge in [0.1, 0.15) is 5.82 Å². The van der Waals surface area contributed by atoms with E-state index < -0.39 is 5.97 Å². The van der Waals surface area contributed by atoms with Crippen molar-refractivity contribution in [1.82, 2.24) is 14.8 Å². The van der Waals surface area contributed by atoms with Crippen LogP contribution in [0.1, 0.15) is 28.7 Å². The van der Waals surface area contributed by atoms with Crippen molar-refractivity contribution in [2.45, 2.75) is 6.92 Å². The maximum absolute atomic E-state index is 14.0. The van der Waals surface area contributed by atoms with E-state index in [9.17, 15) is 14.3 Å². The first kappa shape index (κ1) is 22.6. The van der Waals surface area contributed by atoms with E-state index in [0.717, 1.165) is 11.1 Å². The molecule has 168 valence electrons. The molecule has 3 aromatic carbocycles. The van der Waals surface area contributed by atoms with Gasteiger partial charge in [-0.15, -0.1) is 5.10 Å². The van der Waals surface area contributed by atoms with Gasteiger partial charge in [-0.25, -0.2) is 18.9 Å². The summed E-state index contributed by atoms with van der Waals surface area (Å²) in [5.74, 6) is -0.354. The molecule has 0 amide bonds. The Bertz CT molecular complexity index is 1420. The Morgan fingerprint density at radius 2 is 1.71 bits per heavy atom. The summed E-state index contributed by atoms with van der Waals surface area (Å²) in [6, 6.07) is 22.4. The fraction of sp³-hybridized carbons (Fsp3) is 0.0357. The van der Waals surface area contributed by atoms with Gasteiger partial charge in [0.05, 0.1) is 11.3 Å². The zero-order valence-electron chi connectivity index (χ0n) is 18.5. The predicted molar refractivity (Wildman–Crippen MR) is 132 cm³/mol. The van der Waals surface area contributed by atoms with Crippen LogP contribution in [-0.4, -0.2) is 25.8 Å². The second-order valence-corrected chi connectivity index (χ2v) is 7.45. The van der Waals surface area contributed by atoms with E-state index in [4.69, 9.17) is 10.1 Å². The highest BCUT2D eigenvalue weighted by Gasteiger charge is 2.16. The number of aromatic carboxylic acids is 1. The highest BCUT2D eigenvalue weighted by molar-refractivity contribution is 5.91. The van der Waals surface area contributed by atoms with Crippen molar-refractivity contribution in [3.8, 4) is 17.1 Å². The molecular weight excluding hydrogens is 429 g/mol. The Morgan fingerprint density at radius 1 is 0.971 bits per heavy atom. The standard InChI is InChI=1S/C28H22FN3O2/c1-3-19(22-12-8-13-23(17-22)28(33)34)16-20(4-2)26-30-27(21-10-6-5-7-11-21)32(31-26)25-15-9-14-24(29)18-25/h3-18H,1H2,2H3,(H,33,34)/b19-16+,20-4+. The molecule has 1 aromatic heterocycles. The summed E-state index contributed by atoms with van der Waals surface area (Å²) in [6.45, 7) is 5.76. The third kappa shape index (κ3) is 4.76. The molecule has 0 aliphatic rings. The van der Waals surface area contributed by atoms with Crippen molar-refractivity contribution in [1.29, 1.82) is 0 Å². The number of hydrogen-bond donors (Lipinski definition) is 1. The Morgan fingerprint density at radius 3 is 2.38 bits per heavy atom. The van der Waals surface area contributed by atoms with Gasteiger partial charge in [0, 0.05) is 11.1 Å². The third-order valence-electron chi connectivity index (χ3n) is 5.23. The molecule has 0 radical (unpaired) electrons. The van der Waals surface area contributed by atoms with E-state index in [0.29, 0.717) is 28.5 Å². The van der Waals surface area contributed by atoms with Crippen LogP contribution in [0.15, 0.2) is 104 Å². The van der Waals surface area contributed by atoms with Gasteiger partial charge in [-0.3, -0.25) is 0 Å². The summed E-state index contributed by atoms with van der Waals surface area (Å²) in [5.41, 5.74) is 3.72. The minimum Gasteiger partial charge on any atom is -0.478 e. The van der Waals surface area contributed by atoms with Gasteiger partial charge in [0.2, 0.25) is 0 Å². The quantitative estimate of drug-likeness (QED) is 0.328. The van der Waals surface area contributed by atoms with E-state index in [-0.39, 0.29) is 11.4 Å². The zero-order chi connectivity index (χ0) is 24.1. The van der Waals surface area contributed by atoms with Crippen LogP contribution < -0.4 is 0 Å². The summed E-state index contributed by atoms with van der Waals surface area (Å²) in [6.07, 6.45) is 5.38. The molecule has 1 N–H and O–H groups in total. The molecule has 34 heavy (non-hydrogen) atoms. The maximum Gasteiger partial charge on any atom is 0.335 e. The third-order valence-corrected chi connectivity index (χ3v) is 5.23. The number of halogens is 1. The first-order valence-electron chi connectivity index (χ1n) is 10.6. The van der Waals surface area contributed by atoms with E-state index in [1.807, 2.05) is 55.5 Å². The van der Waals surface area contributed by atoms with Gasteiger partial charge >= 0.3 is 5.97 Å². The van der Waals surface area contributed by atoms with E-state index in [2.05, 4.69) is 6.58 Å². The molecule has 1 heterocycles. The highest BCUT2D eigenvalue weighted by Crippen LogP contribution is 2.27. The van der Waals surface area contributed by atoms with Crippen molar-refractivity contribution in [2.24, 2.45) is 0 Å². The SMILES string of the molecule is C=C/C(=C\C(=C/C)c1nc(-c2ccccc2)n(-c2cccc(F)c2)n1)c1cccc(C(=O)O)c1. The van der Waals surface area contributed by atoms with Crippen LogP contribution in [0.3, 0.4) is 0 Å². The fourth-order valence-electron chi connectivity index (χ4n) is 3.53. The number of allylic oxidation sites excluding steroid dienone is 5. The summed E-state index contributed by atoms with van der Waals surface area (Å²) in [4.78, 5) is 16.2. The van der Waals surface area contributed by atoms with Crippen molar-refractivity contribution >= 4 is 17.1 Å². The van der Waals surface area contributed by atoms with Gasteiger partial charge in [0.15, 0.2) is 11.6 Å². The molecule has 0 fully saturated rings. The highest BCUT2D eigenvalue weighted by atomic mass is 19.1. The lowest BCUT2D eigenvalue weighted by atomic mass is 10.0. The van der Waals surface area contributed by atoms with Crippen LogP contribution in [0, 0.1) is 5.82 Å². The summed E-state index contributed by atoms with van der Waals surface area (Å²) in [5, 5.41) is 14.0. The average Bonchev–Trinajstić information content (AvgIpc) is 3.31. The van der Waals surface area contributed by atoms with Crippen LogP contribution in [0.25, 0.3) is 28.2 Å². The summed E-state index contributed by atoms with van der Waals surface area (Å²) in [7, 11) is 0. The number of hydrogen-bond acceptors (Lipinski definition) is 3. The lowest BCUT2D eigenvalue weighted by Crippen LogP contribution is -2.00. The molecule has 0 bridgehead atoms. The summed E-state index contributed by atoms with van der Waals surface area (Å²) < 4.78 is 15.6. The molecule has 0 saturated heterocycles. The largest absolute Gasteiger partial charge is 0.478 e. The lowest BCUT2D eigenvalue weighted by Gasteiger charge is -2.06. The number of rotatable bonds is 7. The van der Waals surface area contributed by atoms with Crippen LogP contribution >= 0.6 is 0 Å². The Hall–Kier alpha value is -4.58. The van der Waals surface area contributed by atoms with Gasteiger partial charge in [-0.05, 0) is 54.5 Å². The molecule has 0 aliphatic carbocycles. The number of carboxylic acid groups (broad SMARTS) is 1. The van der Waals surface area contributed by atoms with Crippen LogP contribution in [0.4, 0.5) is 4.39 Å². The topological polar surface area (TPSA) is 68.0 Å². The van der Waals surface area contributed by atoms with Crippen LogP contribution in [0.5, 0.6) is 0 Å². The molecular formula is C28H22FN3O2. The molecule has 0 aliphatic heterocycles. The Kier molecular flexibility index (Phi) is 6.59. The molecule has 0 atom stereocenters. The van der Waals surface area contributed by atoms with Crippen molar-refractivity contribution < 1.29 is 14.3 Å². The number of aromatic nitrogens is 3. The monoisotopic (exact) mass is 451 g/mol. The minimum atomic E-state index is -1.00. The number of carbonyl (C=O) groups is 1. The smallest absolute Gasteiger partial charge is 0.335 e. The number of carboxylic acids is 1. The van der Waals surface area contributed by atoms with Gasteiger partial charge < -0.3 is 5.11 Å². The molecule has 4 rings (SSSR count). The van der Waals surface area contributed by atoms with E-state index in [1.54, 1.807) is 35.0 Å². The summed E-state index contributed by atoms with van der Waals surface area (Å²) >= 11 is 0. The van der Waals surface area contributed by atoms with Crippen LogP contribution in [0.2, 0.25) is 0 Å². The van der Waals surface area contributed by atoms with Crippen molar-refractivity contribution in [3.63, 3.8) is 0 Å². The second-order valence-electron chi connectivity index (χ2n) is 7.45. The molecule has 0 saturated carbocycles. The van der Waals surface area contributed by atoms with Gasteiger partial charge in [-0.1, -0.05) is 67.3 Å². The number of benzene rings is 3. The van der Waals surface area contributed by atoms with Gasteiger partial charge in [-0.2, -0.15) is 0 Å². The predicted octanol–water partition coefficient (Wildman–Crippen LogP) is 6.44. The normalized spacial score (nSPS) is 11.9. The average molecular weight is 452 g/mol. The first-order valence-corrected chi connectivity index (χ1v) is 10.6.